The molecule has 1 N–H and O–H groups in total. The van der Waals surface area contributed by atoms with E-state index >= 15 is 0 Å². The first-order chi connectivity index (χ1) is 12.8. The number of nitrogens with one attached hydrogen (secondary N) is 1. The maximum atomic E-state index is 12.2. The van der Waals surface area contributed by atoms with Crippen molar-refractivity contribution in [1.29, 1.82) is 0 Å². The van der Waals surface area contributed by atoms with Crippen LogP contribution in [-0.4, -0.2) is 32.4 Å². The molecule has 0 fully saturated rings. The standard InChI is InChI=1S/C18H17BrCl2N2O4/c1-10(27-15-5-4-12(20)7-14(15)21)18(24)23-22-9-11-6-13(19)17(26-3)8-16(11)25-2/h4-10H,1-3H3,(H,23,24). The number of hydrogen-bond acceptors (Lipinski definition) is 5. The van der Waals surface area contributed by atoms with Crippen molar-refractivity contribution in [2.45, 2.75) is 13.0 Å². The van der Waals surface area contributed by atoms with E-state index in [-0.39, 0.29) is 0 Å². The number of amides is 1. The van der Waals surface area contributed by atoms with Gasteiger partial charge in [-0.2, -0.15) is 5.10 Å². The molecule has 1 atom stereocenters. The van der Waals surface area contributed by atoms with Gasteiger partial charge in [0.25, 0.3) is 5.91 Å². The van der Waals surface area contributed by atoms with Gasteiger partial charge in [0.1, 0.15) is 17.2 Å². The van der Waals surface area contributed by atoms with Gasteiger partial charge < -0.3 is 14.2 Å². The molecule has 2 aromatic rings. The van der Waals surface area contributed by atoms with Crippen molar-refractivity contribution in [3.8, 4) is 17.2 Å². The fourth-order valence-corrected chi connectivity index (χ4v) is 3.03. The molecule has 6 nitrogen and oxygen atoms in total. The van der Waals surface area contributed by atoms with Crippen molar-refractivity contribution in [2.24, 2.45) is 5.10 Å². The van der Waals surface area contributed by atoms with E-state index < -0.39 is 12.0 Å². The van der Waals surface area contributed by atoms with Crippen molar-refractivity contribution >= 4 is 51.3 Å². The third-order valence-corrected chi connectivity index (χ3v) is 4.60. The lowest BCUT2D eigenvalue weighted by molar-refractivity contribution is -0.127. The molecule has 0 spiro atoms. The average molecular weight is 476 g/mol. The number of hydrogen-bond donors (Lipinski definition) is 1. The van der Waals surface area contributed by atoms with Crippen LogP contribution in [0.3, 0.4) is 0 Å². The first-order valence-corrected chi connectivity index (χ1v) is 9.26. The van der Waals surface area contributed by atoms with E-state index in [2.05, 4.69) is 26.5 Å². The van der Waals surface area contributed by atoms with Crippen molar-refractivity contribution in [2.75, 3.05) is 14.2 Å². The Kier molecular flexibility index (Phi) is 7.77. The van der Waals surface area contributed by atoms with Gasteiger partial charge in [-0.1, -0.05) is 23.2 Å². The number of halogens is 3. The van der Waals surface area contributed by atoms with Crippen LogP contribution >= 0.6 is 39.1 Å². The van der Waals surface area contributed by atoms with Crippen molar-refractivity contribution in [3.05, 3.63) is 50.4 Å². The second-order valence-corrected chi connectivity index (χ2v) is 7.00. The SMILES string of the molecule is COc1cc(OC)c(C=NNC(=O)C(C)Oc2ccc(Cl)cc2Cl)cc1Br. The number of carbonyl (C=O) groups excluding carboxylic acids is 1. The monoisotopic (exact) mass is 474 g/mol. The quantitative estimate of drug-likeness (QED) is 0.465. The van der Waals surface area contributed by atoms with E-state index in [0.29, 0.717) is 32.9 Å². The van der Waals surface area contributed by atoms with E-state index in [9.17, 15) is 4.79 Å². The van der Waals surface area contributed by atoms with E-state index in [0.717, 1.165) is 4.47 Å². The highest BCUT2D eigenvalue weighted by Gasteiger charge is 2.16. The molecule has 0 aliphatic heterocycles. The molecule has 1 amide bonds. The van der Waals surface area contributed by atoms with Crippen LogP contribution < -0.4 is 19.6 Å². The Morgan fingerprint density at radius 3 is 2.48 bits per heavy atom. The summed E-state index contributed by atoms with van der Waals surface area (Å²) in [5.41, 5.74) is 3.07. The Bertz CT molecular complexity index is 861. The number of benzene rings is 2. The summed E-state index contributed by atoms with van der Waals surface area (Å²) in [5, 5.41) is 4.74. The van der Waals surface area contributed by atoms with Crippen LogP contribution in [0.1, 0.15) is 12.5 Å². The van der Waals surface area contributed by atoms with Crippen molar-refractivity contribution in [3.63, 3.8) is 0 Å². The number of methoxy groups -OCH3 is 2. The maximum absolute atomic E-state index is 12.2. The van der Waals surface area contributed by atoms with Crippen molar-refractivity contribution in [1.82, 2.24) is 5.43 Å². The minimum Gasteiger partial charge on any atom is -0.496 e. The summed E-state index contributed by atoms with van der Waals surface area (Å²) < 4.78 is 16.8. The lowest BCUT2D eigenvalue weighted by atomic mass is 10.2. The number of carbonyl (C=O) groups is 1. The second kappa shape index (κ2) is 9.82. The van der Waals surface area contributed by atoms with Crippen LogP contribution in [0.5, 0.6) is 17.2 Å². The molecule has 0 aliphatic rings. The van der Waals surface area contributed by atoms with Gasteiger partial charge in [0, 0.05) is 16.7 Å². The maximum Gasteiger partial charge on any atom is 0.280 e. The highest BCUT2D eigenvalue weighted by Crippen LogP contribution is 2.32. The Hall–Kier alpha value is -1.96. The summed E-state index contributed by atoms with van der Waals surface area (Å²) >= 11 is 15.3. The lowest BCUT2D eigenvalue weighted by Gasteiger charge is -2.14. The zero-order valence-corrected chi connectivity index (χ0v) is 17.9. The number of hydrazone groups is 1. The van der Waals surface area contributed by atoms with Crippen LogP contribution in [0.2, 0.25) is 10.0 Å². The summed E-state index contributed by atoms with van der Waals surface area (Å²) in [6, 6.07) is 8.23. The van der Waals surface area contributed by atoms with E-state index in [1.54, 1.807) is 38.3 Å². The Labute approximate surface area is 175 Å². The summed E-state index contributed by atoms with van der Waals surface area (Å²) in [5.74, 6) is 1.08. The Morgan fingerprint density at radius 1 is 1.15 bits per heavy atom. The van der Waals surface area contributed by atoms with E-state index in [1.165, 1.54) is 19.4 Å². The zero-order chi connectivity index (χ0) is 20.0. The van der Waals surface area contributed by atoms with Gasteiger partial charge in [-0.3, -0.25) is 4.79 Å². The molecule has 2 aromatic carbocycles. The highest BCUT2D eigenvalue weighted by molar-refractivity contribution is 9.10. The first kappa shape index (κ1) is 21.3. The summed E-state index contributed by atoms with van der Waals surface area (Å²) in [7, 11) is 3.09. The van der Waals surface area contributed by atoms with Crippen molar-refractivity contribution < 1.29 is 19.0 Å². The van der Waals surface area contributed by atoms with Gasteiger partial charge in [0.2, 0.25) is 0 Å². The fraction of sp³-hybridized carbons (Fsp3) is 0.222. The molecule has 0 aliphatic carbocycles. The molecular formula is C18H17BrCl2N2O4. The highest BCUT2D eigenvalue weighted by atomic mass is 79.9. The van der Waals surface area contributed by atoms with Gasteiger partial charge in [0.15, 0.2) is 6.10 Å². The van der Waals surface area contributed by atoms with Gasteiger partial charge in [-0.15, -0.1) is 0 Å². The molecule has 27 heavy (non-hydrogen) atoms. The molecule has 144 valence electrons. The minimum absolute atomic E-state index is 0.318. The summed E-state index contributed by atoms with van der Waals surface area (Å²) in [4.78, 5) is 12.2. The number of rotatable bonds is 7. The van der Waals surface area contributed by atoms with Crippen LogP contribution in [-0.2, 0) is 4.79 Å². The second-order valence-electron chi connectivity index (χ2n) is 5.30. The van der Waals surface area contributed by atoms with Crippen LogP contribution in [0.25, 0.3) is 0 Å². The largest absolute Gasteiger partial charge is 0.496 e. The van der Waals surface area contributed by atoms with E-state index in [1.807, 2.05) is 0 Å². The van der Waals surface area contributed by atoms with Gasteiger partial charge in [0.05, 0.1) is 29.9 Å². The topological polar surface area (TPSA) is 69.2 Å². The van der Waals surface area contributed by atoms with Crippen LogP contribution in [0, 0.1) is 0 Å². The van der Waals surface area contributed by atoms with Crippen LogP contribution in [0.4, 0.5) is 0 Å². The number of ether oxygens (including phenoxy) is 3. The fourth-order valence-electron chi connectivity index (χ4n) is 2.06. The predicted octanol–water partition coefficient (Wildman–Crippen LogP) is 4.69. The molecular weight excluding hydrogens is 459 g/mol. The van der Waals surface area contributed by atoms with Gasteiger partial charge >= 0.3 is 0 Å². The van der Waals surface area contributed by atoms with Crippen LogP contribution in [0.15, 0.2) is 39.9 Å². The summed E-state index contributed by atoms with van der Waals surface area (Å²) in [6.45, 7) is 1.58. The molecule has 2 rings (SSSR count). The van der Waals surface area contributed by atoms with Gasteiger partial charge in [-0.25, -0.2) is 5.43 Å². The zero-order valence-electron chi connectivity index (χ0n) is 14.8. The molecule has 0 bridgehead atoms. The third kappa shape index (κ3) is 5.76. The minimum atomic E-state index is -0.815. The Morgan fingerprint density at radius 2 is 1.85 bits per heavy atom. The molecule has 9 heteroatoms. The molecule has 0 aromatic heterocycles. The average Bonchev–Trinajstić information content (AvgIpc) is 2.64. The third-order valence-electron chi connectivity index (χ3n) is 3.45. The molecule has 0 heterocycles. The van der Waals surface area contributed by atoms with E-state index in [4.69, 9.17) is 37.4 Å². The Balaban J connectivity index is 2.03. The predicted molar refractivity (Wildman–Crippen MR) is 110 cm³/mol. The van der Waals surface area contributed by atoms with Gasteiger partial charge in [-0.05, 0) is 47.1 Å². The smallest absolute Gasteiger partial charge is 0.280 e. The lowest BCUT2D eigenvalue weighted by Crippen LogP contribution is -2.33. The summed E-state index contributed by atoms with van der Waals surface area (Å²) in [6.07, 6.45) is 0.647. The molecule has 0 saturated heterocycles. The number of nitrogens with zero attached hydrogens (tertiary/aromatic N) is 1. The normalized spacial score (nSPS) is 11.9. The molecule has 1 unspecified atom stereocenters. The molecule has 0 radical (unpaired) electrons. The molecule has 0 saturated carbocycles. The first-order valence-electron chi connectivity index (χ1n) is 7.71.